The summed E-state index contributed by atoms with van der Waals surface area (Å²) in [5, 5.41) is 14.8. The fraction of sp³-hybridized carbons (Fsp3) is 0.111. The smallest absolute Gasteiger partial charge is 0.101 e. The van der Waals surface area contributed by atoms with Gasteiger partial charge in [0.2, 0.25) is 0 Å². The maximum Gasteiger partial charge on any atom is 0.101 e. The van der Waals surface area contributed by atoms with Crippen LogP contribution in [0.1, 0.15) is 16.8 Å². The number of pyridine rings is 1. The predicted octanol–water partition coefficient (Wildman–Crippen LogP) is 5.33. The van der Waals surface area contributed by atoms with Crippen molar-refractivity contribution in [1.82, 2.24) is 4.98 Å². The minimum atomic E-state index is 0.494. The van der Waals surface area contributed by atoms with Gasteiger partial charge in [0.05, 0.1) is 11.1 Å². The van der Waals surface area contributed by atoms with Crippen LogP contribution < -0.4 is 5.32 Å². The van der Waals surface area contributed by atoms with Crippen molar-refractivity contribution in [3.8, 4) is 6.07 Å². The first-order chi connectivity index (χ1) is 11.1. The molecule has 2 aromatic carbocycles. The Bertz CT molecular complexity index is 909. The summed E-state index contributed by atoms with van der Waals surface area (Å²) in [5.74, 6) is 0. The summed E-state index contributed by atoms with van der Waals surface area (Å²) in [4.78, 5) is 4.48. The molecular weight excluding hydrogens is 329 g/mol. The van der Waals surface area contributed by atoms with Gasteiger partial charge in [0.25, 0.3) is 0 Å². The number of fused-ring (bicyclic) bond motifs is 1. The van der Waals surface area contributed by atoms with Gasteiger partial charge in [-0.2, -0.15) is 5.26 Å². The second-order valence-electron chi connectivity index (χ2n) is 5.18. The Morgan fingerprint density at radius 3 is 2.52 bits per heavy atom. The zero-order valence-electron chi connectivity index (χ0n) is 12.4. The number of aromatic nitrogens is 1. The molecule has 3 rings (SSSR count). The highest BCUT2D eigenvalue weighted by atomic mass is 35.5. The van der Waals surface area contributed by atoms with Crippen molar-refractivity contribution < 1.29 is 0 Å². The molecule has 5 heteroatoms. The Kier molecular flexibility index (Phi) is 4.38. The van der Waals surface area contributed by atoms with Crippen LogP contribution in [0.5, 0.6) is 0 Å². The van der Waals surface area contributed by atoms with Crippen LogP contribution in [0.4, 0.5) is 5.69 Å². The molecule has 0 unspecified atom stereocenters. The Morgan fingerprint density at radius 1 is 1.13 bits per heavy atom. The molecule has 114 valence electrons. The third-order valence-electron chi connectivity index (χ3n) is 3.61. The number of nitrogens with zero attached hydrogens (tertiary/aromatic N) is 2. The van der Waals surface area contributed by atoms with E-state index in [-0.39, 0.29) is 0 Å². The number of hydrogen-bond acceptors (Lipinski definition) is 3. The lowest BCUT2D eigenvalue weighted by atomic mass is 10.1. The maximum atomic E-state index is 9.25. The number of rotatable bonds is 3. The van der Waals surface area contributed by atoms with Gasteiger partial charge < -0.3 is 5.32 Å². The van der Waals surface area contributed by atoms with Gasteiger partial charge in [-0.05, 0) is 31.2 Å². The molecule has 1 N–H and O–H groups in total. The lowest BCUT2D eigenvalue weighted by molar-refractivity contribution is 1.14. The van der Waals surface area contributed by atoms with E-state index in [1.54, 1.807) is 6.07 Å². The summed E-state index contributed by atoms with van der Waals surface area (Å²) in [6.45, 7) is 2.40. The SMILES string of the molecule is Cc1cc(NCc2c(Cl)cccc2Cl)c2cccc(C#N)c2n1. The van der Waals surface area contributed by atoms with Crippen molar-refractivity contribution in [2.45, 2.75) is 13.5 Å². The molecule has 0 bridgehead atoms. The number of aryl methyl sites for hydroxylation is 1. The van der Waals surface area contributed by atoms with E-state index in [9.17, 15) is 5.26 Å². The van der Waals surface area contributed by atoms with Crippen molar-refractivity contribution >= 4 is 39.8 Å². The molecule has 0 aliphatic heterocycles. The second kappa shape index (κ2) is 6.45. The van der Waals surface area contributed by atoms with Gasteiger partial charge in [-0.25, -0.2) is 0 Å². The molecule has 1 aromatic heterocycles. The predicted molar refractivity (Wildman–Crippen MR) is 95.0 cm³/mol. The molecule has 3 nitrogen and oxygen atoms in total. The Labute approximate surface area is 144 Å². The molecule has 1 heterocycles. The zero-order valence-corrected chi connectivity index (χ0v) is 13.9. The molecular formula is C18H13Cl2N3. The zero-order chi connectivity index (χ0) is 16.4. The molecule has 0 saturated carbocycles. The van der Waals surface area contributed by atoms with Crippen LogP contribution in [-0.2, 0) is 6.54 Å². The number of benzene rings is 2. The van der Waals surface area contributed by atoms with E-state index >= 15 is 0 Å². The number of halogens is 2. The van der Waals surface area contributed by atoms with Gasteiger partial charge in [-0.1, -0.05) is 41.4 Å². The molecule has 0 aliphatic rings. The fourth-order valence-corrected chi connectivity index (χ4v) is 3.03. The lowest BCUT2D eigenvalue weighted by Crippen LogP contribution is -2.03. The topological polar surface area (TPSA) is 48.7 Å². The van der Waals surface area contributed by atoms with E-state index in [1.165, 1.54) is 0 Å². The van der Waals surface area contributed by atoms with Crippen LogP contribution >= 0.6 is 23.2 Å². The number of hydrogen-bond donors (Lipinski definition) is 1. The molecule has 23 heavy (non-hydrogen) atoms. The first-order valence-electron chi connectivity index (χ1n) is 7.07. The van der Waals surface area contributed by atoms with Crippen LogP contribution in [0.3, 0.4) is 0 Å². The Hall–Kier alpha value is -2.28. The summed E-state index contributed by atoms with van der Waals surface area (Å²) in [5.41, 5.74) is 3.84. The van der Waals surface area contributed by atoms with Gasteiger partial charge >= 0.3 is 0 Å². The van der Waals surface area contributed by atoms with Crippen molar-refractivity contribution in [2.75, 3.05) is 5.32 Å². The highest BCUT2D eigenvalue weighted by Gasteiger charge is 2.10. The van der Waals surface area contributed by atoms with Crippen LogP contribution in [0.15, 0.2) is 42.5 Å². The van der Waals surface area contributed by atoms with E-state index in [0.717, 1.165) is 22.3 Å². The van der Waals surface area contributed by atoms with E-state index in [1.807, 2.05) is 43.3 Å². The molecule has 0 fully saturated rings. The number of nitrogens with one attached hydrogen (secondary N) is 1. The van der Waals surface area contributed by atoms with Crippen LogP contribution in [0, 0.1) is 18.3 Å². The molecule has 0 radical (unpaired) electrons. The Morgan fingerprint density at radius 2 is 1.83 bits per heavy atom. The molecule has 0 saturated heterocycles. The van der Waals surface area contributed by atoms with Gasteiger partial charge in [-0.3, -0.25) is 4.98 Å². The summed E-state index contributed by atoms with van der Waals surface area (Å²) in [7, 11) is 0. The quantitative estimate of drug-likeness (QED) is 0.699. The van der Waals surface area contributed by atoms with E-state index in [4.69, 9.17) is 23.2 Å². The average molecular weight is 342 g/mol. The van der Waals surface area contributed by atoms with Crippen molar-refractivity contribution in [3.63, 3.8) is 0 Å². The summed E-state index contributed by atoms with van der Waals surface area (Å²) in [6.07, 6.45) is 0. The van der Waals surface area contributed by atoms with Gasteiger partial charge in [0.15, 0.2) is 0 Å². The van der Waals surface area contributed by atoms with E-state index in [0.29, 0.717) is 27.7 Å². The van der Waals surface area contributed by atoms with Crippen molar-refractivity contribution in [3.05, 3.63) is 69.3 Å². The summed E-state index contributed by atoms with van der Waals surface area (Å²) >= 11 is 12.4. The molecule has 3 aromatic rings. The average Bonchev–Trinajstić information content (AvgIpc) is 2.53. The molecule has 0 spiro atoms. The number of nitriles is 1. The van der Waals surface area contributed by atoms with Gasteiger partial charge in [0.1, 0.15) is 6.07 Å². The molecule has 0 aliphatic carbocycles. The standard InChI is InChI=1S/C18H13Cl2N3/c1-11-8-17(13-5-2-4-12(9-21)18(13)23-11)22-10-14-15(19)6-3-7-16(14)20/h2-8H,10H2,1H3,(H,22,23). The van der Waals surface area contributed by atoms with E-state index in [2.05, 4.69) is 16.4 Å². The molecule has 0 amide bonds. The highest BCUT2D eigenvalue weighted by molar-refractivity contribution is 6.36. The monoisotopic (exact) mass is 341 g/mol. The third-order valence-corrected chi connectivity index (χ3v) is 4.31. The third kappa shape index (κ3) is 3.10. The maximum absolute atomic E-state index is 9.25. The largest absolute Gasteiger partial charge is 0.380 e. The Balaban J connectivity index is 2.02. The van der Waals surface area contributed by atoms with Crippen molar-refractivity contribution in [2.24, 2.45) is 0 Å². The second-order valence-corrected chi connectivity index (χ2v) is 5.99. The minimum absolute atomic E-state index is 0.494. The minimum Gasteiger partial charge on any atom is -0.380 e. The molecule has 0 atom stereocenters. The van der Waals surface area contributed by atoms with E-state index < -0.39 is 0 Å². The van der Waals surface area contributed by atoms with Crippen molar-refractivity contribution in [1.29, 1.82) is 5.26 Å². The highest BCUT2D eigenvalue weighted by Crippen LogP contribution is 2.29. The summed E-state index contributed by atoms with van der Waals surface area (Å²) < 4.78 is 0. The van der Waals surface area contributed by atoms with Crippen LogP contribution in [-0.4, -0.2) is 4.98 Å². The van der Waals surface area contributed by atoms with Crippen LogP contribution in [0.2, 0.25) is 10.0 Å². The lowest BCUT2D eigenvalue weighted by Gasteiger charge is -2.13. The number of para-hydroxylation sites is 1. The normalized spacial score (nSPS) is 10.5. The fourth-order valence-electron chi connectivity index (χ4n) is 2.50. The van der Waals surface area contributed by atoms with Crippen LogP contribution in [0.25, 0.3) is 10.9 Å². The first-order valence-corrected chi connectivity index (χ1v) is 7.83. The number of anilines is 1. The van der Waals surface area contributed by atoms with Gasteiger partial charge in [0, 0.05) is 38.9 Å². The summed E-state index contributed by atoms with van der Waals surface area (Å²) in [6, 6.07) is 15.1. The van der Waals surface area contributed by atoms with Gasteiger partial charge in [-0.15, -0.1) is 0 Å². The first kappa shape index (κ1) is 15.6.